The third-order valence-electron chi connectivity index (χ3n) is 4.62. The highest BCUT2D eigenvalue weighted by Gasteiger charge is 2.14. The van der Waals surface area contributed by atoms with Gasteiger partial charge in [0.1, 0.15) is 5.75 Å². The first-order valence-electron chi connectivity index (χ1n) is 10.1. The lowest BCUT2D eigenvalue weighted by Crippen LogP contribution is -2.34. The third kappa shape index (κ3) is 6.39. The van der Waals surface area contributed by atoms with Crippen molar-refractivity contribution in [3.05, 3.63) is 95.6 Å². The molecule has 0 fully saturated rings. The number of thiocarbonyl (C=S) groups is 1. The molecule has 3 aromatic rings. The summed E-state index contributed by atoms with van der Waals surface area (Å²) in [5.74, 6) is -0.00850. The van der Waals surface area contributed by atoms with E-state index in [2.05, 4.69) is 10.6 Å². The van der Waals surface area contributed by atoms with E-state index >= 15 is 0 Å². The van der Waals surface area contributed by atoms with Crippen LogP contribution in [0, 0.1) is 0 Å². The Morgan fingerprint density at radius 3 is 2.41 bits per heavy atom. The molecule has 32 heavy (non-hydrogen) atoms. The van der Waals surface area contributed by atoms with Crippen LogP contribution in [-0.2, 0) is 6.42 Å². The van der Waals surface area contributed by atoms with Gasteiger partial charge in [-0.05, 0) is 48.1 Å². The molecule has 0 radical (unpaired) electrons. The quantitative estimate of drug-likeness (QED) is 0.533. The Labute approximate surface area is 193 Å². The van der Waals surface area contributed by atoms with Gasteiger partial charge in [0.25, 0.3) is 11.8 Å². The average Bonchev–Trinajstić information content (AvgIpc) is 2.79. The van der Waals surface area contributed by atoms with Crippen molar-refractivity contribution in [2.75, 3.05) is 26.0 Å². The Bertz CT molecular complexity index is 1100. The topological polar surface area (TPSA) is 70.7 Å². The largest absolute Gasteiger partial charge is 0.492 e. The summed E-state index contributed by atoms with van der Waals surface area (Å²) >= 11 is 5.29. The fourth-order valence-corrected chi connectivity index (χ4v) is 3.24. The minimum atomic E-state index is -0.377. The van der Waals surface area contributed by atoms with E-state index in [0.717, 1.165) is 12.0 Å². The fourth-order valence-electron chi connectivity index (χ4n) is 3.02. The first kappa shape index (κ1) is 23.0. The molecule has 0 saturated carbocycles. The van der Waals surface area contributed by atoms with Gasteiger partial charge in [0.2, 0.25) is 0 Å². The number of carbonyl (C=O) groups excluding carboxylic acids is 2. The van der Waals surface area contributed by atoms with Crippen LogP contribution in [0.5, 0.6) is 5.75 Å². The van der Waals surface area contributed by atoms with Crippen molar-refractivity contribution in [2.24, 2.45) is 0 Å². The first-order chi connectivity index (χ1) is 15.4. The third-order valence-corrected chi connectivity index (χ3v) is 4.83. The Morgan fingerprint density at radius 2 is 1.66 bits per heavy atom. The molecule has 0 saturated heterocycles. The predicted molar refractivity (Wildman–Crippen MR) is 130 cm³/mol. The molecule has 0 atom stereocenters. The molecule has 0 heterocycles. The van der Waals surface area contributed by atoms with Crippen LogP contribution in [0.3, 0.4) is 0 Å². The minimum Gasteiger partial charge on any atom is -0.492 e. The maximum absolute atomic E-state index is 12.8. The molecule has 0 bridgehead atoms. The van der Waals surface area contributed by atoms with Crippen LogP contribution in [-0.4, -0.2) is 42.5 Å². The fraction of sp³-hybridized carbons (Fsp3) is 0.160. The van der Waals surface area contributed by atoms with Gasteiger partial charge >= 0.3 is 0 Å². The molecule has 0 aliphatic rings. The van der Waals surface area contributed by atoms with Crippen molar-refractivity contribution in [1.29, 1.82) is 0 Å². The van der Waals surface area contributed by atoms with E-state index in [-0.39, 0.29) is 16.9 Å². The second kappa shape index (κ2) is 11.1. The molecule has 0 aromatic heterocycles. The summed E-state index contributed by atoms with van der Waals surface area (Å²) in [6, 6.07) is 24.0. The van der Waals surface area contributed by atoms with Gasteiger partial charge in [-0.1, -0.05) is 48.5 Å². The van der Waals surface area contributed by atoms with Gasteiger partial charge in [-0.2, -0.15) is 0 Å². The van der Waals surface area contributed by atoms with Crippen LogP contribution in [0.4, 0.5) is 5.69 Å². The summed E-state index contributed by atoms with van der Waals surface area (Å²) in [5.41, 5.74) is 2.68. The van der Waals surface area contributed by atoms with Crippen LogP contribution >= 0.6 is 12.2 Å². The number of ether oxygens (including phenoxy) is 1. The number of benzene rings is 3. The predicted octanol–water partition coefficient (Wildman–Crippen LogP) is 4.14. The maximum atomic E-state index is 12.8. The summed E-state index contributed by atoms with van der Waals surface area (Å²) in [5, 5.41) is 5.75. The van der Waals surface area contributed by atoms with Crippen LogP contribution in [0.25, 0.3) is 0 Å². The van der Waals surface area contributed by atoms with Crippen molar-refractivity contribution >= 4 is 34.8 Å². The van der Waals surface area contributed by atoms with E-state index < -0.39 is 0 Å². The van der Waals surface area contributed by atoms with Gasteiger partial charge in [0.15, 0.2) is 5.11 Å². The van der Waals surface area contributed by atoms with E-state index in [9.17, 15) is 9.59 Å². The monoisotopic (exact) mass is 447 g/mol. The van der Waals surface area contributed by atoms with Crippen LogP contribution in [0.1, 0.15) is 26.3 Å². The number of rotatable bonds is 7. The zero-order chi connectivity index (χ0) is 22.9. The van der Waals surface area contributed by atoms with Gasteiger partial charge in [0, 0.05) is 31.8 Å². The highest BCUT2D eigenvalue weighted by molar-refractivity contribution is 7.80. The lowest BCUT2D eigenvalue weighted by Gasteiger charge is -2.14. The van der Waals surface area contributed by atoms with Gasteiger partial charge in [-0.15, -0.1) is 0 Å². The number of carbonyl (C=O) groups is 2. The van der Waals surface area contributed by atoms with Gasteiger partial charge < -0.3 is 15.0 Å². The summed E-state index contributed by atoms with van der Waals surface area (Å²) in [4.78, 5) is 26.4. The van der Waals surface area contributed by atoms with Gasteiger partial charge in [-0.3, -0.25) is 14.9 Å². The van der Waals surface area contributed by atoms with Gasteiger partial charge in [0.05, 0.1) is 12.2 Å². The average molecular weight is 448 g/mol. The van der Waals surface area contributed by atoms with Gasteiger partial charge in [-0.25, -0.2) is 0 Å². The summed E-state index contributed by atoms with van der Waals surface area (Å²) in [7, 11) is 3.37. The molecule has 0 spiro atoms. The lowest BCUT2D eigenvalue weighted by atomic mass is 10.1. The molecule has 3 aromatic carbocycles. The SMILES string of the molecule is CN(C)C(=O)c1cccc(NC(=S)NC(=O)c2ccccc2OCCc2ccccc2)c1. The molecule has 6 nitrogen and oxygen atoms in total. The Kier molecular flexibility index (Phi) is 7.94. The van der Waals surface area contributed by atoms with Crippen molar-refractivity contribution < 1.29 is 14.3 Å². The highest BCUT2D eigenvalue weighted by Crippen LogP contribution is 2.19. The van der Waals surface area contributed by atoms with Crippen LogP contribution in [0.2, 0.25) is 0 Å². The molecule has 3 rings (SSSR count). The van der Waals surface area contributed by atoms with E-state index in [1.165, 1.54) is 4.90 Å². The first-order valence-corrected chi connectivity index (χ1v) is 10.5. The molecule has 2 amide bonds. The number of hydrogen-bond acceptors (Lipinski definition) is 4. The Balaban J connectivity index is 1.60. The zero-order valence-electron chi connectivity index (χ0n) is 18.0. The number of hydrogen-bond donors (Lipinski definition) is 2. The molecule has 0 aliphatic heterocycles. The number of anilines is 1. The Hall–Kier alpha value is -3.71. The number of nitrogens with one attached hydrogen (secondary N) is 2. The number of nitrogens with zero attached hydrogens (tertiary/aromatic N) is 1. The summed E-state index contributed by atoms with van der Waals surface area (Å²) in [6.07, 6.45) is 0.735. The van der Waals surface area contributed by atoms with E-state index in [1.807, 2.05) is 36.4 Å². The van der Waals surface area contributed by atoms with E-state index in [0.29, 0.717) is 29.2 Å². The molecular weight excluding hydrogens is 422 g/mol. The molecule has 7 heteroatoms. The second-order valence-electron chi connectivity index (χ2n) is 7.27. The number of para-hydroxylation sites is 1. The number of amides is 2. The molecule has 0 unspecified atom stereocenters. The highest BCUT2D eigenvalue weighted by atomic mass is 32.1. The molecule has 2 N–H and O–H groups in total. The van der Waals surface area contributed by atoms with Crippen molar-refractivity contribution in [3.8, 4) is 5.75 Å². The van der Waals surface area contributed by atoms with E-state index in [1.54, 1.807) is 56.6 Å². The van der Waals surface area contributed by atoms with E-state index in [4.69, 9.17) is 17.0 Å². The minimum absolute atomic E-state index is 0.120. The summed E-state index contributed by atoms with van der Waals surface area (Å²) < 4.78 is 5.86. The zero-order valence-corrected chi connectivity index (χ0v) is 18.8. The molecule has 0 aliphatic carbocycles. The van der Waals surface area contributed by atoms with Crippen LogP contribution in [0.15, 0.2) is 78.9 Å². The lowest BCUT2D eigenvalue weighted by molar-refractivity contribution is 0.0827. The van der Waals surface area contributed by atoms with Crippen LogP contribution < -0.4 is 15.4 Å². The molecular formula is C25H25N3O3S. The van der Waals surface area contributed by atoms with Crippen molar-refractivity contribution in [1.82, 2.24) is 10.2 Å². The molecule has 164 valence electrons. The van der Waals surface area contributed by atoms with Crippen molar-refractivity contribution in [2.45, 2.75) is 6.42 Å². The van der Waals surface area contributed by atoms with Crippen molar-refractivity contribution in [3.63, 3.8) is 0 Å². The smallest absolute Gasteiger partial charge is 0.261 e. The maximum Gasteiger partial charge on any atom is 0.261 e. The standard InChI is InChI=1S/C25H25N3O3S/c1-28(2)24(30)19-11-8-12-20(17-19)26-25(32)27-23(29)21-13-6-7-14-22(21)31-16-15-18-9-4-3-5-10-18/h3-14,17H,15-16H2,1-2H3,(H2,26,27,29,32). The Morgan fingerprint density at radius 1 is 0.938 bits per heavy atom. The normalized spacial score (nSPS) is 10.2. The second-order valence-corrected chi connectivity index (χ2v) is 7.68. The summed E-state index contributed by atoms with van der Waals surface area (Å²) in [6.45, 7) is 0.448.